The summed E-state index contributed by atoms with van der Waals surface area (Å²) in [6.07, 6.45) is -4.59. The minimum absolute atomic E-state index is 0.0739. The third-order valence-electron chi connectivity index (χ3n) is 16.0. The first kappa shape index (κ1) is 50.7. The van der Waals surface area contributed by atoms with Crippen molar-refractivity contribution in [1.82, 2.24) is 4.57 Å². The van der Waals surface area contributed by atoms with Crippen LogP contribution in [0.2, 0.25) is 0 Å². The van der Waals surface area contributed by atoms with E-state index in [1.807, 2.05) is 36.4 Å². The standard InChI is InChI=1S/C79H52F3N/c80-79(81,82)75-23-13-14-24-78(75)83-76-43-41-65(71-47-67(61-33-25-57(26-34-61)53-15-5-1-6-16-53)45-68(48-71)62-35-27-58(28-36-62)54-17-7-2-8-18-54)51-73(76)74-52-66(42-44-77(74)83)72-49-69(63-37-29-59(30-38-63)55-19-9-3-10-20-55)46-70(50-72)64-39-31-60(32-40-64)56-21-11-4-12-22-56/h1-52H. The molecule has 394 valence electrons. The molecule has 0 aliphatic carbocycles. The van der Waals surface area contributed by atoms with Crippen LogP contribution in [0.15, 0.2) is 315 Å². The quantitative estimate of drug-likeness (QED) is 0.122. The number of rotatable bonds is 11. The smallest absolute Gasteiger partial charge is 0.309 e. The van der Waals surface area contributed by atoms with E-state index in [9.17, 15) is 0 Å². The van der Waals surface area contributed by atoms with Gasteiger partial charge in [-0.25, -0.2) is 0 Å². The zero-order valence-corrected chi connectivity index (χ0v) is 45.1. The predicted molar refractivity (Wildman–Crippen MR) is 340 cm³/mol. The van der Waals surface area contributed by atoms with Gasteiger partial charge in [0.25, 0.3) is 0 Å². The Morgan fingerprint density at radius 2 is 0.410 bits per heavy atom. The van der Waals surface area contributed by atoms with Gasteiger partial charge in [-0.3, -0.25) is 0 Å². The monoisotopic (exact) mass is 1070 g/mol. The average molecular weight is 1070 g/mol. The zero-order chi connectivity index (χ0) is 55.9. The molecule has 13 aromatic carbocycles. The Kier molecular flexibility index (Phi) is 13.1. The topological polar surface area (TPSA) is 4.93 Å². The lowest BCUT2D eigenvalue weighted by molar-refractivity contribution is -0.137. The second kappa shape index (κ2) is 21.5. The number of alkyl halides is 3. The summed E-state index contributed by atoms with van der Waals surface area (Å²) < 4.78 is 47.2. The van der Waals surface area contributed by atoms with Crippen molar-refractivity contribution in [2.75, 3.05) is 0 Å². The molecule has 0 aliphatic heterocycles. The summed E-state index contributed by atoms with van der Waals surface area (Å²) in [7, 11) is 0. The number of hydrogen-bond donors (Lipinski definition) is 0. The maximum Gasteiger partial charge on any atom is 0.418 e. The lowest BCUT2D eigenvalue weighted by Gasteiger charge is -2.16. The van der Waals surface area contributed by atoms with E-state index in [1.54, 1.807) is 16.7 Å². The van der Waals surface area contributed by atoms with Gasteiger partial charge < -0.3 is 4.57 Å². The summed E-state index contributed by atoms with van der Waals surface area (Å²) in [6, 6.07) is 108. The molecule has 0 atom stereocenters. The van der Waals surface area contributed by atoms with E-state index in [0.29, 0.717) is 11.0 Å². The highest BCUT2D eigenvalue weighted by Crippen LogP contribution is 2.44. The molecule has 0 saturated heterocycles. The van der Waals surface area contributed by atoms with Crippen LogP contribution in [0.5, 0.6) is 0 Å². The first-order valence-corrected chi connectivity index (χ1v) is 27.9. The molecule has 83 heavy (non-hydrogen) atoms. The van der Waals surface area contributed by atoms with Crippen molar-refractivity contribution < 1.29 is 13.2 Å². The molecule has 0 N–H and O–H groups in total. The Morgan fingerprint density at radius 1 is 0.193 bits per heavy atom. The van der Waals surface area contributed by atoms with Gasteiger partial charge in [0.1, 0.15) is 0 Å². The lowest BCUT2D eigenvalue weighted by Crippen LogP contribution is -2.10. The van der Waals surface area contributed by atoms with Gasteiger partial charge in [-0.1, -0.05) is 243 Å². The van der Waals surface area contributed by atoms with Crippen molar-refractivity contribution in [3.05, 3.63) is 321 Å². The fourth-order valence-electron chi connectivity index (χ4n) is 11.7. The molecule has 0 radical (unpaired) electrons. The Labute approximate surface area is 481 Å². The molecule has 4 heteroatoms. The van der Waals surface area contributed by atoms with E-state index in [4.69, 9.17) is 0 Å². The first-order chi connectivity index (χ1) is 40.7. The SMILES string of the molecule is FC(F)(F)c1ccccc1-n1c2ccc(-c3cc(-c4ccc(-c5ccccc5)cc4)cc(-c4ccc(-c5ccccc5)cc4)c3)cc2c2cc(-c3cc(-c4ccc(-c5ccccc5)cc4)cc(-c4ccc(-c5ccccc5)cc4)c3)ccc21. The van der Waals surface area contributed by atoms with E-state index in [0.717, 1.165) is 122 Å². The molecule has 0 bridgehead atoms. The van der Waals surface area contributed by atoms with Gasteiger partial charge in [0, 0.05) is 10.8 Å². The molecular weight excluding hydrogens is 1020 g/mol. The molecule has 14 aromatic rings. The molecule has 0 amide bonds. The van der Waals surface area contributed by atoms with Gasteiger partial charge >= 0.3 is 6.18 Å². The molecule has 0 saturated carbocycles. The van der Waals surface area contributed by atoms with E-state index in [1.165, 1.54) is 12.1 Å². The van der Waals surface area contributed by atoms with Crippen LogP contribution in [0.3, 0.4) is 0 Å². The fourth-order valence-corrected chi connectivity index (χ4v) is 11.7. The van der Waals surface area contributed by atoms with Crippen molar-refractivity contribution in [3.63, 3.8) is 0 Å². The number of hydrogen-bond acceptors (Lipinski definition) is 0. The van der Waals surface area contributed by atoms with E-state index < -0.39 is 11.7 Å². The number of para-hydroxylation sites is 1. The zero-order valence-electron chi connectivity index (χ0n) is 45.1. The molecular formula is C79H52F3N. The molecule has 1 aromatic heterocycles. The minimum Gasteiger partial charge on any atom is -0.309 e. The number of fused-ring (bicyclic) bond motifs is 3. The van der Waals surface area contributed by atoms with Crippen molar-refractivity contribution in [2.45, 2.75) is 6.18 Å². The van der Waals surface area contributed by atoms with Crippen molar-refractivity contribution in [2.24, 2.45) is 0 Å². The number of halogens is 3. The average Bonchev–Trinajstić information content (AvgIpc) is 2.75. The van der Waals surface area contributed by atoms with Crippen LogP contribution in [-0.4, -0.2) is 4.57 Å². The number of benzene rings is 13. The highest BCUT2D eigenvalue weighted by molar-refractivity contribution is 6.12. The van der Waals surface area contributed by atoms with Gasteiger partial charge in [-0.2, -0.15) is 13.2 Å². The normalized spacial score (nSPS) is 11.6. The summed E-state index contributed by atoms with van der Waals surface area (Å²) in [4.78, 5) is 0. The van der Waals surface area contributed by atoms with E-state index >= 15 is 13.2 Å². The molecule has 14 rings (SSSR count). The number of nitrogens with zero attached hydrogens (tertiary/aromatic N) is 1. The molecule has 1 heterocycles. The van der Waals surface area contributed by atoms with Crippen LogP contribution in [0, 0.1) is 0 Å². The van der Waals surface area contributed by atoms with Crippen LogP contribution in [0.4, 0.5) is 13.2 Å². The molecule has 1 nitrogen and oxygen atoms in total. The summed E-state index contributed by atoms with van der Waals surface area (Å²) >= 11 is 0. The van der Waals surface area contributed by atoms with Crippen LogP contribution in [0.1, 0.15) is 5.56 Å². The highest BCUT2D eigenvalue weighted by Gasteiger charge is 2.34. The Hall–Kier alpha value is -10.6. The molecule has 0 fully saturated rings. The molecule has 0 aliphatic rings. The third-order valence-corrected chi connectivity index (χ3v) is 16.0. The van der Waals surface area contributed by atoms with Gasteiger partial charge in [0.05, 0.1) is 22.3 Å². The molecule has 0 spiro atoms. The minimum atomic E-state index is -4.59. The fraction of sp³-hybridized carbons (Fsp3) is 0.0127. The Balaban J connectivity index is 0.942. The predicted octanol–water partition coefficient (Wildman–Crippen LogP) is 22.5. The number of aromatic nitrogens is 1. The summed E-state index contributed by atoms with van der Waals surface area (Å²) in [5.41, 5.74) is 22.2. The van der Waals surface area contributed by atoms with Gasteiger partial charge in [0.2, 0.25) is 0 Å². The van der Waals surface area contributed by atoms with E-state index in [2.05, 4.69) is 255 Å². The Morgan fingerprint density at radius 3 is 0.687 bits per heavy atom. The second-order valence-electron chi connectivity index (χ2n) is 21.2. The van der Waals surface area contributed by atoms with Crippen molar-refractivity contribution >= 4 is 21.8 Å². The van der Waals surface area contributed by atoms with Gasteiger partial charge in [-0.15, -0.1) is 0 Å². The highest BCUT2D eigenvalue weighted by atomic mass is 19.4. The Bertz CT molecular complexity index is 4150. The van der Waals surface area contributed by atoms with Crippen LogP contribution < -0.4 is 0 Å². The maximum absolute atomic E-state index is 15.1. The summed E-state index contributed by atoms with van der Waals surface area (Å²) in [5, 5.41) is 1.68. The van der Waals surface area contributed by atoms with E-state index in [-0.39, 0.29) is 5.69 Å². The van der Waals surface area contributed by atoms with Crippen LogP contribution in [-0.2, 0) is 6.18 Å². The van der Waals surface area contributed by atoms with Crippen molar-refractivity contribution in [3.8, 4) is 117 Å². The summed E-state index contributed by atoms with van der Waals surface area (Å²) in [6.45, 7) is 0. The molecule has 0 unspecified atom stereocenters. The second-order valence-corrected chi connectivity index (χ2v) is 21.2. The first-order valence-electron chi connectivity index (χ1n) is 27.9. The summed E-state index contributed by atoms with van der Waals surface area (Å²) in [5.74, 6) is 0. The lowest BCUT2D eigenvalue weighted by atomic mass is 9.91. The van der Waals surface area contributed by atoms with Crippen molar-refractivity contribution in [1.29, 1.82) is 0 Å². The maximum atomic E-state index is 15.1. The van der Waals surface area contributed by atoms with Gasteiger partial charge in [0.15, 0.2) is 0 Å². The third kappa shape index (κ3) is 10.1. The van der Waals surface area contributed by atoms with Gasteiger partial charge in [-0.05, 0) is 184 Å². The van der Waals surface area contributed by atoms with Crippen LogP contribution in [0.25, 0.3) is 139 Å². The van der Waals surface area contributed by atoms with Crippen LogP contribution >= 0.6 is 0 Å². The largest absolute Gasteiger partial charge is 0.418 e.